The molecular weight excluding hydrogens is 270 g/mol. The molecule has 1 aromatic carbocycles. The molecule has 1 heterocycles. The topological polar surface area (TPSA) is 30.7 Å². The molecule has 0 radical (unpaired) electrons. The lowest BCUT2D eigenvalue weighted by Gasteiger charge is -2.16. The number of hydrogen-bond donors (Lipinski definition) is 0. The molecule has 0 aliphatic rings. The maximum Gasteiger partial charge on any atom is 0.138 e. The van der Waals surface area contributed by atoms with Crippen LogP contribution in [0.15, 0.2) is 30.6 Å². The average molecular weight is 292 g/mol. The Balaban J connectivity index is 2.10. The van der Waals surface area contributed by atoms with Gasteiger partial charge in [-0.2, -0.15) is 5.10 Å². The number of benzene rings is 1. The first-order valence-electron chi connectivity index (χ1n) is 7.10. The van der Waals surface area contributed by atoms with Crippen LogP contribution in [0.3, 0.4) is 0 Å². The molecule has 0 aliphatic carbocycles. The first kappa shape index (κ1) is 15.0. The van der Waals surface area contributed by atoms with E-state index in [9.17, 15) is 0 Å². The van der Waals surface area contributed by atoms with Crippen LogP contribution >= 0.6 is 11.6 Å². The fraction of sp³-hybridized carbons (Fsp3) is 0.500. The summed E-state index contributed by atoms with van der Waals surface area (Å²) in [7, 11) is 0. The Kier molecular flexibility index (Phi) is 5.18. The predicted molar refractivity (Wildman–Crippen MR) is 83.2 cm³/mol. The molecule has 0 spiro atoms. The second-order valence-corrected chi connectivity index (χ2v) is 5.88. The van der Waals surface area contributed by atoms with Gasteiger partial charge in [0.15, 0.2) is 0 Å². The number of aryl methyl sites for hydroxylation is 1. The van der Waals surface area contributed by atoms with Crippen LogP contribution in [0.4, 0.5) is 0 Å². The van der Waals surface area contributed by atoms with Gasteiger partial charge in [0, 0.05) is 18.3 Å². The zero-order valence-electron chi connectivity index (χ0n) is 12.4. The van der Waals surface area contributed by atoms with E-state index in [1.165, 1.54) is 11.1 Å². The molecule has 0 amide bonds. The maximum atomic E-state index is 6.16. The van der Waals surface area contributed by atoms with Crippen molar-refractivity contribution in [2.24, 2.45) is 5.92 Å². The zero-order chi connectivity index (χ0) is 14.5. The van der Waals surface area contributed by atoms with Crippen molar-refractivity contribution >= 4 is 11.6 Å². The minimum absolute atomic E-state index is 0.335. The molecule has 0 N–H and O–H groups in total. The molecule has 1 aromatic heterocycles. The molecule has 1 unspecified atom stereocenters. The van der Waals surface area contributed by atoms with Gasteiger partial charge in [0.1, 0.15) is 12.2 Å². The van der Waals surface area contributed by atoms with Gasteiger partial charge in [0.05, 0.1) is 0 Å². The Morgan fingerprint density at radius 3 is 2.60 bits per heavy atom. The van der Waals surface area contributed by atoms with E-state index in [2.05, 4.69) is 55.1 Å². The normalized spacial score (nSPS) is 12.8. The molecule has 0 bridgehead atoms. The molecule has 20 heavy (non-hydrogen) atoms. The number of nitrogens with zero attached hydrogens (tertiary/aromatic N) is 3. The van der Waals surface area contributed by atoms with E-state index in [0.717, 1.165) is 18.7 Å². The van der Waals surface area contributed by atoms with Gasteiger partial charge in [-0.3, -0.25) is 0 Å². The highest BCUT2D eigenvalue weighted by molar-refractivity contribution is 6.18. The van der Waals surface area contributed by atoms with Crippen LogP contribution in [-0.4, -0.2) is 20.6 Å². The third-order valence-electron chi connectivity index (χ3n) is 3.60. The van der Waals surface area contributed by atoms with Gasteiger partial charge >= 0.3 is 0 Å². The molecule has 2 aromatic rings. The summed E-state index contributed by atoms with van der Waals surface area (Å²) in [5.41, 5.74) is 2.70. The van der Waals surface area contributed by atoms with Crippen molar-refractivity contribution in [3.63, 3.8) is 0 Å². The Morgan fingerprint density at radius 1 is 1.20 bits per heavy atom. The molecular formula is C16H22ClN3. The molecule has 3 nitrogen and oxygen atoms in total. The van der Waals surface area contributed by atoms with Gasteiger partial charge < -0.3 is 0 Å². The van der Waals surface area contributed by atoms with Crippen molar-refractivity contribution in [2.75, 3.05) is 5.88 Å². The summed E-state index contributed by atoms with van der Waals surface area (Å²) in [6.07, 6.45) is 3.49. The van der Waals surface area contributed by atoms with Gasteiger partial charge in [-0.25, -0.2) is 9.67 Å². The van der Waals surface area contributed by atoms with E-state index in [1.807, 2.05) is 4.68 Å². The molecule has 0 saturated carbocycles. The van der Waals surface area contributed by atoms with Gasteiger partial charge in [0.25, 0.3) is 0 Å². The van der Waals surface area contributed by atoms with E-state index in [1.54, 1.807) is 6.33 Å². The first-order valence-corrected chi connectivity index (χ1v) is 7.64. The Hall–Kier alpha value is -1.35. The molecule has 0 saturated heterocycles. The minimum Gasteiger partial charge on any atom is -0.248 e. The van der Waals surface area contributed by atoms with Crippen LogP contribution in [0.2, 0.25) is 0 Å². The van der Waals surface area contributed by atoms with E-state index in [0.29, 0.717) is 17.8 Å². The summed E-state index contributed by atoms with van der Waals surface area (Å²) < 4.78 is 1.98. The van der Waals surface area contributed by atoms with Gasteiger partial charge in [0.2, 0.25) is 0 Å². The lowest BCUT2D eigenvalue weighted by atomic mass is 9.95. The maximum absolute atomic E-state index is 6.16. The fourth-order valence-corrected chi connectivity index (χ4v) is 2.66. The fourth-order valence-electron chi connectivity index (χ4n) is 2.44. The van der Waals surface area contributed by atoms with Crippen molar-refractivity contribution in [1.29, 1.82) is 0 Å². The van der Waals surface area contributed by atoms with Crippen molar-refractivity contribution in [1.82, 2.24) is 14.8 Å². The largest absolute Gasteiger partial charge is 0.248 e. The summed E-state index contributed by atoms with van der Waals surface area (Å²) >= 11 is 6.16. The summed E-state index contributed by atoms with van der Waals surface area (Å²) in [4.78, 5) is 4.38. The molecule has 4 heteroatoms. The third-order valence-corrected chi connectivity index (χ3v) is 4.03. The summed E-state index contributed by atoms with van der Waals surface area (Å²) in [5, 5.41) is 4.29. The van der Waals surface area contributed by atoms with Crippen LogP contribution in [0.1, 0.15) is 36.8 Å². The Bertz CT molecular complexity index is 548. The second kappa shape index (κ2) is 6.89. The summed E-state index contributed by atoms with van der Waals surface area (Å²) in [6.45, 7) is 6.39. The van der Waals surface area contributed by atoms with Crippen molar-refractivity contribution < 1.29 is 0 Å². The van der Waals surface area contributed by atoms with Crippen molar-refractivity contribution in [3.8, 4) is 0 Å². The Morgan fingerprint density at radius 2 is 1.95 bits per heavy atom. The molecule has 1 atom stereocenters. The van der Waals surface area contributed by atoms with Crippen LogP contribution in [0.5, 0.6) is 0 Å². The monoisotopic (exact) mass is 291 g/mol. The SMILES string of the molecule is Cc1ccccc1CC(CCl)Cc1ncnn1C(C)C. The van der Waals surface area contributed by atoms with Crippen LogP contribution in [0.25, 0.3) is 0 Å². The van der Waals surface area contributed by atoms with Crippen molar-refractivity contribution in [2.45, 2.75) is 39.7 Å². The number of hydrogen-bond acceptors (Lipinski definition) is 2. The molecule has 0 aliphatic heterocycles. The average Bonchev–Trinajstić information content (AvgIpc) is 2.88. The first-order chi connectivity index (χ1) is 9.61. The minimum atomic E-state index is 0.335. The number of halogens is 1. The standard InChI is InChI=1S/C16H22ClN3/c1-12(2)20-16(18-11-19-20)9-14(10-17)8-15-7-5-4-6-13(15)3/h4-7,11-12,14H,8-10H2,1-3H3. The Labute approximate surface area is 126 Å². The lowest BCUT2D eigenvalue weighted by Crippen LogP contribution is -2.16. The molecule has 0 fully saturated rings. The van der Waals surface area contributed by atoms with Crippen LogP contribution < -0.4 is 0 Å². The van der Waals surface area contributed by atoms with E-state index < -0.39 is 0 Å². The van der Waals surface area contributed by atoms with E-state index >= 15 is 0 Å². The summed E-state index contributed by atoms with van der Waals surface area (Å²) in [6, 6.07) is 8.83. The number of rotatable bonds is 6. The quantitative estimate of drug-likeness (QED) is 0.758. The zero-order valence-corrected chi connectivity index (χ0v) is 13.1. The van der Waals surface area contributed by atoms with Gasteiger partial charge in [-0.05, 0) is 44.2 Å². The van der Waals surface area contributed by atoms with E-state index in [4.69, 9.17) is 11.6 Å². The number of alkyl halides is 1. The van der Waals surface area contributed by atoms with Crippen LogP contribution in [-0.2, 0) is 12.8 Å². The summed E-state index contributed by atoms with van der Waals surface area (Å²) in [5.74, 6) is 2.05. The highest BCUT2D eigenvalue weighted by atomic mass is 35.5. The number of aromatic nitrogens is 3. The lowest BCUT2D eigenvalue weighted by molar-refractivity contribution is 0.471. The van der Waals surface area contributed by atoms with Crippen LogP contribution in [0, 0.1) is 12.8 Å². The van der Waals surface area contributed by atoms with Crippen molar-refractivity contribution in [3.05, 3.63) is 47.5 Å². The van der Waals surface area contributed by atoms with Gasteiger partial charge in [-0.1, -0.05) is 24.3 Å². The highest BCUT2D eigenvalue weighted by Crippen LogP contribution is 2.19. The van der Waals surface area contributed by atoms with E-state index in [-0.39, 0.29) is 0 Å². The predicted octanol–water partition coefficient (Wildman–Crippen LogP) is 3.81. The third kappa shape index (κ3) is 3.60. The molecule has 2 rings (SSSR count). The smallest absolute Gasteiger partial charge is 0.138 e. The van der Waals surface area contributed by atoms with Gasteiger partial charge in [-0.15, -0.1) is 11.6 Å². The molecule has 108 valence electrons. The second-order valence-electron chi connectivity index (χ2n) is 5.57. The highest BCUT2D eigenvalue weighted by Gasteiger charge is 2.16.